The van der Waals surface area contributed by atoms with Gasteiger partial charge in [-0.2, -0.15) is 0 Å². The van der Waals surface area contributed by atoms with Gasteiger partial charge in [-0.25, -0.2) is 0 Å². The third-order valence-electron chi connectivity index (χ3n) is 1.79. The molecule has 0 saturated carbocycles. The van der Waals surface area contributed by atoms with Crippen molar-refractivity contribution in [3.05, 3.63) is 11.8 Å². The van der Waals surface area contributed by atoms with Crippen LogP contribution in [0.4, 0.5) is 0 Å². The van der Waals surface area contributed by atoms with Crippen molar-refractivity contribution in [2.75, 3.05) is 13.2 Å². The summed E-state index contributed by atoms with van der Waals surface area (Å²) in [6.07, 6.45) is 5.80. The highest BCUT2D eigenvalue weighted by atomic mass is 16.6. The average molecular weight is 170 g/mol. The number of epoxide rings is 1. The monoisotopic (exact) mass is 170 g/mol. The first-order chi connectivity index (χ1) is 5.86. The normalized spacial score (nSPS) is 22.5. The standard InChI is InChI=1S/C10H18O2/c1-3-5-9(6-4-2)11-7-10-8-12-10/h5,10H,3-4,6-8H2,1-2H3. The molecule has 1 aliphatic heterocycles. The third kappa shape index (κ3) is 3.77. The van der Waals surface area contributed by atoms with Gasteiger partial charge >= 0.3 is 0 Å². The van der Waals surface area contributed by atoms with Crippen LogP contribution in [0, 0.1) is 0 Å². The van der Waals surface area contributed by atoms with Crippen molar-refractivity contribution in [1.29, 1.82) is 0 Å². The Balaban J connectivity index is 2.16. The van der Waals surface area contributed by atoms with Crippen LogP contribution in [0.25, 0.3) is 0 Å². The molecule has 0 aromatic carbocycles. The van der Waals surface area contributed by atoms with E-state index >= 15 is 0 Å². The maximum atomic E-state index is 5.58. The number of allylic oxidation sites excluding steroid dienone is 2. The SMILES string of the molecule is CCC=C(CCC)OCC1CO1. The molecular formula is C10H18O2. The van der Waals surface area contributed by atoms with Gasteiger partial charge in [-0.15, -0.1) is 0 Å². The Kier molecular flexibility index (Phi) is 4.15. The summed E-state index contributed by atoms with van der Waals surface area (Å²) in [7, 11) is 0. The van der Waals surface area contributed by atoms with Crippen LogP contribution in [-0.2, 0) is 9.47 Å². The number of ether oxygens (including phenoxy) is 2. The maximum Gasteiger partial charge on any atom is 0.116 e. The van der Waals surface area contributed by atoms with Gasteiger partial charge in [0.1, 0.15) is 12.7 Å². The minimum absolute atomic E-state index is 0.377. The second kappa shape index (κ2) is 5.20. The molecule has 0 radical (unpaired) electrons. The van der Waals surface area contributed by atoms with E-state index in [4.69, 9.17) is 9.47 Å². The minimum atomic E-state index is 0.377. The van der Waals surface area contributed by atoms with Gasteiger partial charge in [0.25, 0.3) is 0 Å². The molecule has 0 spiro atoms. The topological polar surface area (TPSA) is 21.8 Å². The second-order valence-corrected chi connectivity index (χ2v) is 3.10. The molecule has 0 N–H and O–H groups in total. The Morgan fingerprint density at radius 1 is 1.58 bits per heavy atom. The van der Waals surface area contributed by atoms with Crippen molar-refractivity contribution in [2.45, 2.75) is 39.2 Å². The summed E-state index contributed by atoms with van der Waals surface area (Å²) in [5, 5.41) is 0. The van der Waals surface area contributed by atoms with Crippen LogP contribution in [0.5, 0.6) is 0 Å². The van der Waals surface area contributed by atoms with E-state index in [2.05, 4.69) is 19.9 Å². The van der Waals surface area contributed by atoms with Gasteiger partial charge in [-0.1, -0.05) is 13.8 Å². The van der Waals surface area contributed by atoms with Gasteiger partial charge in [0.15, 0.2) is 0 Å². The highest BCUT2D eigenvalue weighted by molar-refractivity contribution is 4.92. The molecule has 2 nitrogen and oxygen atoms in total. The van der Waals surface area contributed by atoms with Crippen LogP contribution >= 0.6 is 0 Å². The highest BCUT2D eigenvalue weighted by Crippen LogP contribution is 2.14. The number of rotatable bonds is 6. The predicted octanol–water partition coefficient (Wildman–Crippen LogP) is 2.50. The van der Waals surface area contributed by atoms with Gasteiger partial charge in [0, 0.05) is 6.42 Å². The molecule has 0 aromatic heterocycles. The van der Waals surface area contributed by atoms with Crippen molar-refractivity contribution >= 4 is 0 Å². The van der Waals surface area contributed by atoms with Gasteiger partial charge in [0.2, 0.25) is 0 Å². The van der Waals surface area contributed by atoms with Crippen LogP contribution in [-0.4, -0.2) is 19.3 Å². The zero-order valence-corrected chi connectivity index (χ0v) is 8.01. The number of hydrogen-bond acceptors (Lipinski definition) is 2. The van der Waals surface area contributed by atoms with Crippen molar-refractivity contribution in [3.8, 4) is 0 Å². The lowest BCUT2D eigenvalue weighted by Crippen LogP contribution is -2.01. The molecule has 0 aliphatic carbocycles. The molecule has 0 aromatic rings. The molecule has 70 valence electrons. The highest BCUT2D eigenvalue weighted by Gasteiger charge is 2.23. The van der Waals surface area contributed by atoms with E-state index < -0.39 is 0 Å². The zero-order valence-electron chi connectivity index (χ0n) is 8.01. The van der Waals surface area contributed by atoms with Crippen LogP contribution in [0.3, 0.4) is 0 Å². The molecule has 1 rings (SSSR count). The van der Waals surface area contributed by atoms with E-state index in [1.54, 1.807) is 0 Å². The first kappa shape index (κ1) is 9.59. The molecular weight excluding hydrogens is 152 g/mol. The van der Waals surface area contributed by atoms with Crippen LogP contribution in [0.15, 0.2) is 11.8 Å². The second-order valence-electron chi connectivity index (χ2n) is 3.10. The lowest BCUT2D eigenvalue weighted by atomic mass is 10.2. The largest absolute Gasteiger partial charge is 0.495 e. The van der Waals surface area contributed by atoms with Crippen LogP contribution in [0.2, 0.25) is 0 Å². The molecule has 2 heteroatoms. The fourth-order valence-electron chi connectivity index (χ4n) is 1.07. The molecule has 1 fully saturated rings. The smallest absolute Gasteiger partial charge is 0.116 e. The Hall–Kier alpha value is -0.500. The van der Waals surface area contributed by atoms with Crippen LogP contribution in [0.1, 0.15) is 33.1 Å². The molecule has 1 atom stereocenters. The fraction of sp³-hybridized carbons (Fsp3) is 0.800. The van der Waals surface area contributed by atoms with E-state index in [0.717, 1.165) is 38.2 Å². The summed E-state index contributed by atoms with van der Waals surface area (Å²) in [6, 6.07) is 0. The first-order valence-corrected chi connectivity index (χ1v) is 4.80. The van der Waals surface area contributed by atoms with E-state index in [9.17, 15) is 0 Å². The molecule has 1 unspecified atom stereocenters. The molecule has 1 heterocycles. The lowest BCUT2D eigenvalue weighted by molar-refractivity contribution is 0.174. The molecule has 1 saturated heterocycles. The first-order valence-electron chi connectivity index (χ1n) is 4.80. The van der Waals surface area contributed by atoms with Gasteiger partial charge in [-0.3, -0.25) is 0 Å². The molecule has 0 amide bonds. The summed E-state index contributed by atoms with van der Waals surface area (Å²) in [4.78, 5) is 0. The summed E-state index contributed by atoms with van der Waals surface area (Å²) >= 11 is 0. The Morgan fingerprint density at radius 3 is 2.83 bits per heavy atom. The van der Waals surface area contributed by atoms with Crippen molar-refractivity contribution in [3.63, 3.8) is 0 Å². The average Bonchev–Trinajstić information content (AvgIpc) is 2.84. The molecule has 1 aliphatic rings. The fourth-order valence-corrected chi connectivity index (χ4v) is 1.07. The Bertz CT molecular complexity index is 148. The Morgan fingerprint density at radius 2 is 2.33 bits per heavy atom. The zero-order chi connectivity index (χ0) is 8.81. The van der Waals surface area contributed by atoms with Crippen molar-refractivity contribution in [2.24, 2.45) is 0 Å². The van der Waals surface area contributed by atoms with Crippen LogP contribution < -0.4 is 0 Å². The van der Waals surface area contributed by atoms with E-state index in [-0.39, 0.29) is 0 Å². The summed E-state index contributed by atoms with van der Waals surface area (Å²) in [5.41, 5.74) is 0. The Labute approximate surface area is 74.6 Å². The summed E-state index contributed by atoms with van der Waals surface area (Å²) in [6.45, 7) is 5.92. The van der Waals surface area contributed by atoms with E-state index in [1.165, 1.54) is 0 Å². The van der Waals surface area contributed by atoms with Gasteiger partial charge in [0.05, 0.1) is 12.4 Å². The maximum absolute atomic E-state index is 5.58. The molecule has 0 bridgehead atoms. The minimum Gasteiger partial charge on any atom is -0.495 e. The number of hydrogen-bond donors (Lipinski definition) is 0. The quantitative estimate of drug-likeness (QED) is 0.451. The van der Waals surface area contributed by atoms with Crippen molar-refractivity contribution in [1.82, 2.24) is 0 Å². The lowest BCUT2D eigenvalue weighted by Gasteiger charge is -2.07. The van der Waals surface area contributed by atoms with E-state index in [0.29, 0.717) is 6.10 Å². The van der Waals surface area contributed by atoms with Crippen molar-refractivity contribution < 1.29 is 9.47 Å². The summed E-state index contributed by atoms with van der Waals surface area (Å²) in [5.74, 6) is 1.13. The molecule has 12 heavy (non-hydrogen) atoms. The van der Waals surface area contributed by atoms with E-state index in [1.807, 2.05) is 0 Å². The third-order valence-corrected chi connectivity index (χ3v) is 1.79. The summed E-state index contributed by atoms with van der Waals surface area (Å²) < 4.78 is 10.6. The van der Waals surface area contributed by atoms with Gasteiger partial charge < -0.3 is 9.47 Å². The predicted molar refractivity (Wildman–Crippen MR) is 49.0 cm³/mol. The van der Waals surface area contributed by atoms with Gasteiger partial charge in [-0.05, 0) is 18.9 Å².